The number of imidazole rings is 1. The minimum absolute atomic E-state index is 0.0607. The molecule has 6 heteroatoms. The Kier molecular flexibility index (Phi) is 4.96. The highest BCUT2D eigenvalue weighted by molar-refractivity contribution is 5.82. The average molecular weight is 377 g/mol. The number of quaternary nitrogens is 1. The number of nitrogens with two attached hydrogens (primary N) is 1. The van der Waals surface area contributed by atoms with E-state index in [-0.39, 0.29) is 16.3 Å². The highest BCUT2D eigenvalue weighted by Gasteiger charge is 2.50. The van der Waals surface area contributed by atoms with E-state index in [0.717, 1.165) is 28.8 Å². The summed E-state index contributed by atoms with van der Waals surface area (Å²) in [4.78, 5) is 33.4. The van der Waals surface area contributed by atoms with E-state index in [1.165, 1.54) is 0 Å². The number of para-hydroxylation sites is 2. The Bertz CT molecular complexity index is 965. The number of likely N-dealkylation sites (tertiary alicyclic amines) is 1. The van der Waals surface area contributed by atoms with Crippen molar-refractivity contribution in [3.05, 3.63) is 66.0 Å². The SMILES string of the molecule is NC(=O)[C@@H]1CCC[N+]1(Cc1ccccc1)C(=O)CCc1nc2ccccc2[nH]1. The van der Waals surface area contributed by atoms with Gasteiger partial charge in [0.05, 0.1) is 24.0 Å². The van der Waals surface area contributed by atoms with Gasteiger partial charge in [0, 0.05) is 24.8 Å². The van der Waals surface area contributed by atoms with Crippen LogP contribution >= 0.6 is 0 Å². The first-order valence-electron chi connectivity index (χ1n) is 9.75. The molecular weight excluding hydrogens is 352 g/mol. The number of nitrogens with one attached hydrogen (secondary N) is 1. The van der Waals surface area contributed by atoms with Gasteiger partial charge in [-0.3, -0.25) is 4.79 Å². The van der Waals surface area contributed by atoms with E-state index in [4.69, 9.17) is 5.73 Å². The van der Waals surface area contributed by atoms with Crippen LogP contribution in [0.5, 0.6) is 0 Å². The fourth-order valence-electron chi connectivity index (χ4n) is 4.41. The third-order valence-corrected chi connectivity index (χ3v) is 5.78. The number of carbonyl (C=O) groups is 2. The Morgan fingerprint density at radius 3 is 2.61 bits per heavy atom. The Labute approximate surface area is 164 Å². The Hall–Kier alpha value is -2.99. The van der Waals surface area contributed by atoms with E-state index < -0.39 is 6.04 Å². The third kappa shape index (κ3) is 3.43. The standard InChI is InChI=1S/C22H24N4O2/c23-22(28)19-11-6-14-26(19,15-16-7-2-1-3-8-16)21(27)13-12-20-24-17-9-4-5-10-18(17)25-20/h1-5,7-10,19H,6,11-15H2,(H2-,23,24,25,28)/p+1/t19-,26?/m0/s1. The van der Waals surface area contributed by atoms with E-state index in [9.17, 15) is 9.59 Å². The fraction of sp³-hybridized carbons (Fsp3) is 0.318. The van der Waals surface area contributed by atoms with Crippen LogP contribution in [0.15, 0.2) is 54.6 Å². The molecule has 1 aromatic heterocycles. The van der Waals surface area contributed by atoms with Gasteiger partial charge in [0.1, 0.15) is 12.4 Å². The second-order valence-corrected chi connectivity index (χ2v) is 7.56. The quantitative estimate of drug-likeness (QED) is 0.647. The minimum Gasteiger partial charge on any atom is -0.364 e. The first-order chi connectivity index (χ1) is 13.6. The summed E-state index contributed by atoms with van der Waals surface area (Å²) < 4.78 is 0.125. The number of primary amides is 1. The van der Waals surface area contributed by atoms with Crippen LogP contribution in [0.25, 0.3) is 11.0 Å². The third-order valence-electron chi connectivity index (χ3n) is 5.78. The van der Waals surface area contributed by atoms with E-state index in [1.54, 1.807) is 0 Å². The van der Waals surface area contributed by atoms with Gasteiger partial charge in [0.25, 0.3) is 5.91 Å². The highest BCUT2D eigenvalue weighted by atomic mass is 16.2. The number of hydrogen-bond donors (Lipinski definition) is 2. The number of carbonyl (C=O) groups excluding carboxylic acids is 2. The molecule has 4 rings (SSSR count). The molecule has 1 aliphatic heterocycles. The van der Waals surface area contributed by atoms with Gasteiger partial charge in [0.2, 0.25) is 0 Å². The van der Waals surface area contributed by atoms with Crippen molar-refractivity contribution >= 4 is 22.8 Å². The van der Waals surface area contributed by atoms with Crippen LogP contribution in [-0.4, -0.2) is 38.9 Å². The summed E-state index contributed by atoms with van der Waals surface area (Å²) in [6.07, 6.45) is 2.35. The predicted molar refractivity (Wildman–Crippen MR) is 107 cm³/mol. The van der Waals surface area contributed by atoms with Crippen molar-refractivity contribution in [2.45, 2.75) is 38.3 Å². The van der Waals surface area contributed by atoms with Crippen LogP contribution in [0.2, 0.25) is 0 Å². The molecule has 2 amide bonds. The first-order valence-corrected chi connectivity index (χ1v) is 9.75. The lowest BCUT2D eigenvalue weighted by Gasteiger charge is -2.36. The molecule has 28 heavy (non-hydrogen) atoms. The van der Waals surface area contributed by atoms with Crippen molar-refractivity contribution in [3.63, 3.8) is 0 Å². The summed E-state index contributed by atoms with van der Waals surface area (Å²) in [5, 5.41) is 0. The number of rotatable bonds is 6. The summed E-state index contributed by atoms with van der Waals surface area (Å²) >= 11 is 0. The number of hydrogen-bond acceptors (Lipinski definition) is 3. The molecule has 1 saturated heterocycles. The molecule has 3 N–H and O–H groups in total. The summed E-state index contributed by atoms with van der Waals surface area (Å²) in [6.45, 7) is 1.16. The molecule has 0 spiro atoms. The molecule has 0 radical (unpaired) electrons. The summed E-state index contributed by atoms with van der Waals surface area (Å²) in [7, 11) is 0. The molecule has 2 atom stereocenters. The number of aryl methyl sites for hydroxylation is 1. The van der Waals surface area contributed by atoms with Crippen LogP contribution in [-0.2, 0) is 22.6 Å². The van der Waals surface area contributed by atoms with E-state index in [2.05, 4.69) is 9.97 Å². The Morgan fingerprint density at radius 1 is 1.11 bits per heavy atom. The van der Waals surface area contributed by atoms with Crippen LogP contribution in [0.1, 0.15) is 30.7 Å². The number of aromatic amines is 1. The molecule has 0 aliphatic carbocycles. The van der Waals surface area contributed by atoms with E-state index >= 15 is 0 Å². The molecule has 2 heterocycles. The molecule has 1 fully saturated rings. The summed E-state index contributed by atoms with van der Waals surface area (Å²) in [5.74, 6) is 0.471. The van der Waals surface area contributed by atoms with Gasteiger partial charge in [-0.05, 0) is 12.1 Å². The van der Waals surface area contributed by atoms with Gasteiger partial charge in [-0.1, -0.05) is 42.5 Å². The van der Waals surface area contributed by atoms with E-state index in [0.29, 0.717) is 32.4 Å². The zero-order valence-electron chi connectivity index (χ0n) is 15.8. The van der Waals surface area contributed by atoms with Crippen LogP contribution < -0.4 is 5.73 Å². The molecule has 2 aromatic carbocycles. The maximum Gasteiger partial charge on any atom is 0.315 e. The predicted octanol–water partition coefficient (Wildman–Crippen LogP) is 2.69. The second-order valence-electron chi connectivity index (χ2n) is 7.56. The monoisotopic (exact) mass is 377 g/mol. The minimum atomic E-state index is -0.455. The van der Waals surface area contributed by atoms with Gasteiger partial charge in [-0.15, -0.1) is 0 Å². The smallest absolute Gasteiger partial charge is 0.315 e. The van der Waals surface area contributed by atoms with Crippen molar-refractivity contribution in [2.24, 2.45) is 5.73 Å². The molecule has 0 bridgehead atoms. The van der Waals surface area contributed by atoms with Crippen molar-refractivity contribution in [1.29, 1.82) is 0 Å². The Morgan fingerprint density at radius 2 is 1.86 bits per heavy atom. The maximum atomic E-state index is 13.4. The Balaban J connectivity index is 1.57. The molecule has 0 saturated carbocycles. The zero-order valence-corrected chi connectivity index (χ0v) is 15.8. The zero-order chi connectivity index (χ0) is 19.6. The van der Waals surface area contributed by atoms with Crippen molar-refractivity contribution in [3.8, 4) is 0 Å². The van der Waals surface area contributed by atoms with Crippen molar-refractivity contribution in [1.82, 2.24) is 9.97 Å². The lowest BCUT2D eigenvalue weighted by molar-refractivity contribution is -0.871. The van der Waals surface area contributed by atoms with Gasteiger partial charge in [-0.25, -0.2) is 14.3 Å². The lowest BCUT2D eigenvalue weighted by atomic mass is 10.1. The molecule has 1 unspecified atom stereocenters. The van der Waals surface area contributed by atoms with Crippen LogP contribution in [0, 0.1) is 0 Å². The number of amides is 2. The van der Waals surface area contributed by atoms with Gasteiger partial charge in [0.15, 0.2) is 6.04 Å². The molecule has 6 nitrogen and oxygen atoms in total. The lowest BCUT2D eigenvalue weighted by Crippen LogP contribution is -2.59. The molecule has 1 aliphatic rings. The van der Waals surface area contributed by atoms with Crippen molar-refractivity contribution in [2.75, 3.05) is 6.54 Å². The highest BCUT2D eigenvalue weighted by Crippen LogP contribution is 2.32. The second kappa shape index (κ2) is 7.56. The fourth-order valence-corrected chi connectivity index (χ4v) is 4.41. The number of fused-ring (bicyclic) bond motifs is 1. The van der Waals surface area contributed by atoms with Crippen LogP contribution in [0.4, 0.5) is 0 Å². The van der Waals surface area contributed by atoms with Crippen LogP contribution in [0.3, 0.4) is 0 Å². The number of H-pyrrole nitrogens is 1. The average Bonchev–Trinajstić information content (AvgIpc) is 3.31. The molecular formula is C22H25N4O2+. The first kappa shape index (κ1) is 18.4. The van der Waals surface area contributed by atoms with Gasteiger partial charge < -0.3 is 10.7 Å². The number of benzene rings is 2. The number of aromatic nitrogens is 2. The normalized spacial score (nSPS) is 21.8. The summed E-state index contributed by atoms with van der Waals surface area (Å²) in [6, 6.07) is 17.2. The summed E-state index contributed by atoms with van der Waals surface area (Å²) in [5.41, 5.74) is 8.61. The molecule has 144 valence electrons. The maximum absolute atomic E-state index is 13.4. The number of nitrogens with zero attached hydrogens (tertiary/aromatic N) is 2. The molecule has 3 aromatic rings. The topological polar surface area (TPSA) is 88.8 Å². The van der Waals surface area contributed by atoms with Crippen molar-refractivity contribution < 1.29 is 14.1 Å². The largest absolute Gasteiger partial charge is 0.364 e. The van der Waals surface area contributed by atoms with Gasteiger partial charge >= 0.3 is 5.91 Å². The van der Waals surface area contributed by atoms with Gasteiger partial charge in [-0.2, -0.15) is 0 Å². The van der Waals surface area contributed by atoms with E-state index in [1.807, 2.05) is 54.6 Å².